The molecule has 8 heteroatoms. The monoisotopic (exact) mass is 287 g/mol. The standard InChI is InChI=1S/C12H21N3O5/c13-10(17)4-3-9(11(18)19)14-12(20)15-5-1-2-8(6-15)7-16/h8-9,16H,1-7H2,(H2,13,17)(H,14,20)(H,18,19). The number of carbonyl (C=O) groups is 3. The van der Waals surface area contributed by atoms with Crippen LogP contribution in [0.2, 0.25) is 0 Å². The van der Waals surface area contributed by atoms with Crippen LogP contribution in [-0.2, 0) is 9.59 Å². The molecule has 20 heavy (non-hydrogen) atoms. The average Bonchev–Trinajstić information content (AvgIpc) is 2.42. The van der Waals surface area contributed by atoms with E-state index in [1.54, 1.807) is 0 Å². The predicted octanol–water partition coefficient (Wildman–Crippen LogP) is -0.881. The Kier molecular flexibility index (Phi) is 6.23. The van der Waals surface area contributed by atoms with Crippen molar-refractivity contribution in [3.05, 3.63) is 0 Å². The summed E-state index contributed by atoms with van der Waals surface area (Å²) >= 11 is 0. The summed E-state index contributed by atoms with van der Waals surface area (Å²) < 4.78 is 0. The quantitative estimate of drug-likeness (QED) is 0.503. The predicted molar refractivity (Wildman–Crippen MR) is 69.8 cm³/mol. The largest absolute Gasteiger partial charge is 0.480 e. The van der Waals surface area contributed by atoms with Gasteiger partial charge in [-0.25, -0.2) is 9.59 Å². The average molecular weight is 287 g/mol. The number of carboxylic acids is 1. The van der Waals surface area contributed by atoms with Crippen LogP contribution in [-0.4, -0.2) is 58.8 Å². The Morgan fingerprint density at radius 1 is 1.40 bits per heavy atom. The van der Waals surface area contributed by atoms with Gasteiger partial charge in [0.1, 0.15) is 6.04 Å². The number of carboxylic acid groups (broad SMARTS) is 1. The van der Waals surface area contributed by atoms with Crippen LogP contribution in [0.25, 0.3) is 0 Å². The summed E-state index contributed by atoms with van der Waals surface area (Å²) in [5.74, 6) is -1.78. The molecule has 2 atom stereocenters. The number of nitrogens with one attached hydrogen (secondary N) is 1. The molecule has 5 N–H and O–H groups in total. The fourth-order valence-corrected chi connectivity index (χ4v) is 2.18. The van der Waals surface area contributed by atoms with Gasteiger partial charge in [0.15, 0.2) is 0 Å². The molecule has 1 aliphatic rings. The van der Waals surface area contributed by atoms with E-state index in [1.807, 2.05) is 0 Å². The number of likely N-dealkylation sites (tertiary alicyclic amines) is 1. The number of aliphatic carboxylic acids is 1. The van der Waals surface area contributed by atoms with E-state index in [0.717, 1.165) is 12.8 Å². The maximum absolute atomic E-state index is 12.0. The molecule has 0 aromatic carbocycles. The van der Waals surface area contributed by atoms with Crippen molar-refractivity contribution in [2.45, 2.75) is 31.7 Å². The first-order chi connectivity index (χ1) is 9.43. The highest BCUT2D eigenvalue weighted by molar-refractivity contribution is 5.83. The molecule has 1 fully saturated rings. The van der Waals surface area contributed by atoms with Gasteiger partial charge in [0.05, 0.1) is 0 Å². The maximum Gasteiger partial charge on any atom is 0.326 e. The number of amides is 3. The highest BCUT2D eigenvalue weighted by atomic mass is 16.4. The molecule has 1 saturated heterocycles. The van der Waals surface area contributed by atoms with Crippen LogP contribution >= 0.6 is 0 Å². The lowest BCUT2D eigenvalue weighted by molar-refractivity contribution is -0.139. The Morgan fingerprint density at radius 3 is 2.65 bits per heavy atom. The zero-order chi connectivity index (χ0) is 15.1. The lowest BCUT2D eigenvalue weighted by Gasteiger charge is -2.32. The molecule has 114 valence electrons. The number of hydrogen-bond acceptors (Lipinski definition) is 4. The van der Waals surface area contributed by atoms with Crippen LogP contribution < -0.4 is 11.1 Å². The number of aliphatic hydroxyl groups excluding tert-OH is 1. The van der Waals surface area contributed by atoms with Crippen LogP contribution in [0.1, 0.15) is 25.7 Å². The van der Waals surface area contributed by atoms with E-state index in [4.69, 9.17) is 15.9 Å². The Morgan fingerprint density at radius 2 is 2.10 bits per heavy atom. The van der Waals surface area contributed by atoms with Crippen molar-refractivity contribution in [1.82, 2.24) is 10.2 Å². The summed E-state index contributed by atoms with van der Waals surface area (Å²) in [7, 11) is 0. The van der Waals surface area contributed by atoms with Crippen LogP contribution in [0.5, 0.6) is 0 Å². The molecular weight excluding hydrogens is 266 g/mol. The van der Waals surface area contributed by atoms with Crippen molar-refractivity contribution in [2.24, 2.45) is 11.7 Å². The van der Waals surface area contributed by atoms with Gasteiger partial charge in [-0.2, -0.15) is 0 Å². The third-order valence-corrected chi connectivity index (χ3v) is 3.34. The summed E-state index contributed by atoms with van der Waals surface area (Å²) in [5, 5.41) is 20.5. The van der Waals surface area contributed by atoms with Crippen LogP contribution in [0.15, 0.2) is 0 Å². The molecular formula is C12H21N3O5. The fourth-order valence-electron chi connectivity index (χ4n) is 2.18. The number of carbonyl (C=O) groups excluding carboxylic acids is 2. The Hall–Kier alpha value is -1.83. The topological polar surface area (TPSA) is 133 Å². The maximum atomic E-state index is 12.0. The van der Waals surface area contributed by atoms with E-state index in [1.165, 1.54) is 4.90 Å². The van der Waals surface area contributed by atoms with E-state index in [-0.39, 0.29) is 25.4 Å². The molecule has 0 aromatic heterocycles. The van der Waals surface area contributed by atoms with Crippen molar-refractivity contribution in [3.8, 4) is 0 Å². The molecule has 2 unspecified atom stereocenters. The molecule has 0 aromatic rings. The van der Waals surface area contributed by atoms with E-state index in [0.29, 0.717) is 13.1 Å². The normalized spacial score (nSPS) is 20.2. The third kappa shape index (κ3) is 5.04. The fraction of sp³-hybridized carbons (Fsp3) is 0.750. The Balaban J connectivity index is 2.52. The molecule has 0 radical (unpaired) electrons. The van der Waals surface area contributed by atoms with Crippen molar-refractivity contribution in [3.63, 3.8) is 0 Å². The zero-order valence-electron chi connectivity index (χ0n) is 11.2. The third-order valence-electron chi connectivity index (χ3n) is 3.34. The van der Waals surface area contributed by atoms with Gasteiger partial charge in [-0.3, -0.25) is 4.79 Å². The van der Waals surface area contributed by atoms with Gasteiger partial charge in [-0.1, -0.05) is 0 Å². The molecule has 0 bridgehead atoms. The number of aliphatic hydroxyl groups is 1. The summed E-state index contributed by atoms with van der Waals surface area (Å²) in [6, 6.07) is -1.62. The summed E-state index contributed by atoms with van der Waals surface area (Å²) in [6.07, 6.45) is 1.49. The number of hydrogen-bond donors (Lipinski definition) is 4. The molecule has 1 heterocycles. The highest BCUT2D eigenvalue weighted by Gasteiger charge is 2.27. The summed E-state index contributed by atoms with van der Waals surface area (Å²) in [6.45, 7) is 0.947. The van der Waals surface area contributed by atoms with Gasteiger partial charge in [-0.05, 0) is 25.2 Å². The Labute approximate surface area is 116 Å². The van der Waals surface area contributed by atoms with E-state index >= 15 is 0 Å². The molecule has 0 saturated carbocycles. The lowest BCUT2D eigenvalue weighted by atomic mass is 9.99. The zero-order valence-corrected chi connectivity index (χ0v) is 11.2. The number of nitrogens with zero attached hydrogens (tertiary/aromatic N) is 1. The van der Waals surface area contributed by atoms with Crippen LogP contribution in [0, 0.1) is 5.92 Å². The number of piperidine rings is 1. The lowest BCUT2D eigenvalue weighted by Crippen LogP contribution is -2.51. The second kappa shape index (κ2) is 7.68. The van der Waals surface area contributed by atoms with E-state index in [2.05, 4.69) is 5.32 Å². The Bertz CT molecular complexity index is 374. The number of nitrogens with two attached hydrogens (primary N) is 1. The van der Waals surface area contributed by atoms with Crippen molar-refractivity contribution >= 4 is 17.9 Å². The van der Waals surface area contributed by atoms with E-state index < -0.39 is 23.9 Å². The minimum absolute atomic E-state index is 0.00775. The molecule has 3 amide bonds. The molecule has 0 aliphatic carbocycles. The summed E-state index contributed by atoms with van der Waals surface area (Å²) in [4.78, 5) is 35.2. The van der Waals surface area contributed by atoms with Gasteiger partial charge in [-0.15, -0.1) is 0 Å². The molecule has 0 spiro atoms. The SMILES string of the molecule is NC(=O)CCC(NC(=O)N1CCCC(CO)C1)C(=O)O. The number of primary amides is 1. The first kappa shape index (κ1) is 16.2. The summed E-state index contributed by atoms with van der Waals surface area (Å²) in [5.41, 5.74) is 4.97. The first-order valence-corrected chi connectivity index (χ1v) is 6.61. The van der Waals surface area contributed by atoms with Gasteiger partial charge in [0, 0.05) is 26.1 Å². The minimum Gasteiger partial charge on any atom is -0.480 e. The number of urea groups is 1. The van der Waals surface area contributed by atoms with Crippen molar-refractivity contribution < 1.29 is 24.6 Å². The van der Waals surface area contributed by atoms with Crippen LogP contribution in [0.4, 0.5) is 4.79 Å². The minimum atomic E-state index is -1.20. The van der Waals surface area contributed by atoms with Gasteiger partial charge >= 0.3 is 12.0 Å². The van der Waals surface area contributed by atoms with Gasteiger partial charge < -0.3 is 26.2 Å². The smallest absolute Gasteiger partial charge is 0.326 e. The second-order valence-corrected chi connectivity index (χ2v) is 4.98. The molecule has 8 nitrogen and oxygen atoms in total. The second-order valence-electron chi connectivity index (χ2n) is 4.98. The van der Waals surface area contributed by atoms with Crippen molar-refractivity contribution in [2.75, 3.05) is 19.7 Å². The van der Waals surface area contributed by atoms with Gasteiger partial charge in [0.2, 0.25) is 5.91 Å². The first-order valence-electron chi connectivity index (χ1n) is 6.61. The van der Waals surface area contributed by atoms with E-state index in [9.17, 15) is 14.4 Å². The molecule has 1 aliphatic heterocycles. The highest BCUT2D eigenvalue weighted by Crippen LogP contribution is 2.15. The van der Waals surface area contributed by atoms with Gasteiger partial charge in [0.25, 0.3) is 0 Å². The molecule has 1 rings (SSSR count). The van der Waals surface area contributed by atoms with Crippen LogP contribution in [0.3, 0.4) is 0 Å². The number of rotatable bonds is 6. The van der Waals surface area contributed by atoms with Crippen molar-refractivity contribution in [1.29, 1.82) is 0 Å².